The summed E-state index contributed by atoms with van der Waals surface area (Å²) in [7, 11) is 0. The van der Waals surface area contributed by atoms with E-state index >= 15 is 0 Å². The quantitative estimate of drug-likeness (QED) is 0.801. The second-order valence-electron chi connectivity index (χ2n) is 6.29. The summed E-state index contributed by atoms with van der Waals surface area (Å²) in [5, 5.41) is 0. The van der Waals surface area contributed by atoms with E-state index in [1.165, 1.54) is 12.1 Å². The second-order valence-corrected chi connectivity index (χ2v) is 6.29. The Morgan fingerprint density at radius 1 is 1.23 bits per heavy atom. The SMILES string of the molecule is C[C@H](C(=O)NOCc1cccnc1)N1CCN(c2ccc(F)cc2)CC1. The Hall–Kier alpha value is -2.51. The Labute approximate surface area is 152 Å². The van der Waals surface area contributed by atoms with Crippen LogP contribution in [-0.4, -0.2) is 48.0 Å². The van der Waals surface area contributed by atoms with Crippen molar-refractivity contribution in [2.45, 2.75) is 19.6 Å². The van der Waals surface area contributed by atoms with Gasteiger partial charge in [0.1, 0.15) is 12.4 Å². The van der Waals surface area contributed by atoms with Crippen molar-refractivity contribution in [3.05, 3.63) is 60.2 Å². The zero-order valence-corrected chi connectivity index (χ0v) is 14.8. The van der Waals surface area contributed by atoms with Gasteiger partial charge in [-0.3, -0.25) is 19.5 Å². The zero-order valence-electron chi connectivity index (χ0n) is 14.8. The Morgan fingerprint density at radius 2 is 1.96 bits per heavy atom. The molecule has 1 N–H and O–H groups in total. The van der Waals surface area contributed by atoms with E-state index in [0.717, 1.165) is 37.4 Å². The van der Waals surface area contributed by atoms with Crippen LogP contribution in [0.5, 0.6) is 0 Å². The molecule has 0 unspecified atom stereocenters. The number of amides is 1. The maximum absolute atomic E-state index is 13.0. The molecular weight excluding hydrogens is 335 g/mol. The Kier molecular flexibility index (Phi) is 6.14. The molecule has 0 radical (unpaired) electrons. The number of halogens is 1. The molecule has 2 aromatic rings. The highest BCUT2D eigenvalue weighted by molar-refractivity contribution is 5.80. The summed E-state index contributed by atoms with van der Waals surface area (Å²) in [6.45, 7) is 5.25. The van der Waals surface area contributed by atoms with Crippen LogP contribution in [0.15, 0.2) is 48.8 Å². The largest absolute Gasteiger partial charge is 0.369 e. The molecule has 7 heteroatoms. The topological polar surface area (TPSA) is 57.7 Å². The number of hydroxylamine groups is 1. The molecule has 1 aromatic carbocycles. The number of aromatic nitrogens is 1. The summed E-state index contributed by atoms with van der Waals surface area (Å²) in [5.41, 5.74) is 4.41. The molecule has 1 aliphatic rings. The van der Waals surface area contributed by atoms with Crippen molar-refractivity contribution in [1.29, 1.82) is 0 Å². The van der Waals surface area contributed by atoms with Crippen LogP contribution < -0.4 is 10.4 Å². The van der Waals surface area contributed by atoms with Crippen LogP contribution in [0.1, 0.15) is 12.5 Å². The van der Waals surface area contributed by atoms with Crippen LogP contribution in [0.25, 0.3) is 0 Å². The Balaban J connectivity index is 1.43. The van der Waals surface area contributed by atoms with Gasteiger partial charge in [0.2, 0.25) is 0 Å². The van der Waals surface area contributed by atoms with Gasteiger partial charge in [0.15, 0.2) is 0 Å². The van der Waals surface area contributed by atoms with Crippen molar-refractivity contribution in [2.24, 2.45) is 0 Å². The van der Waals surface area contributed by atoms with Crippen LogP contribution in [-0.2, 0) is 16.2 Å². The first-order chi connectivity index (χ1) is 12.6. The number of anilines is 1. The molecule has 1 atom stereocenters. The number of piperazine rings is 1. The van der Waals surface area contributed by atoms with Crippen molar-refractivity contribution in [3.8, 4) is 0 Å². The predicted molar refractivity (Wildman–Crippen MR) is 96.8 cm³/mol. The van der Waals surface area contributed by atoms with E-state index in [9.17, 15) is 9.18 Å². The summed E-state index contributed by atoms with van der Waals surface area (Å²) < 4.78 is 13.0. The highest BCUT2D eigenvalue weighted by Crippen LogP contribution is 2.17. The van der Waals surface area contributed by atoms with E-state index in [1.54, 1.807) is 24.5 Å². The molecule has 0 spiro atoms. The van der Waals surface area contributed by atoms with Gasteiger partial charge >= 0.3 is 0 Å². The third kappa shape index (κ3) is 4.77. The van der Waals surface area contributed by atoms with Gasteiger partial charge < -0.3 is 4.90 Å². The first-order valence-corrected chi connectivity index (χ1v) is 8.68. The van der Waals surface area contributed by atoms with Gasteiger partial charge in [-0.25, -0.2) is 9.87 Å². The lowest BCUT2D eigenvalue weighted by Crippen LogP contribution is -2.53. The lowest BCUT2D eigenvalue weighted by Gasteiger charge is -2.38. The molecular formula is C19H23FN4O2. The number of carbonyl (C=O) groups excluding carboxylic acids is 1. The number of carbonyl (C=O) groups is 1. The van der Waals surface area contributed by atoms with Gasteiger partial charge in [-0.1, -0.05) is 6.07 Å². The standard InChI is InChI=1S/C19H23FN4O2/c1-15(19(25)22-26-14-16-3-2-8-21-13-16)23-9-11-24(12-10-23)18-6-4-17(20)5-7-18/h2-8,13,15H,9-12,14H2,1H3,(H,22,25)/t15-/m1/s1. The number of pyridine rings is 1. The molecule has 1 saturated heterocycles. The molecule has 138 valence electrons. The van der Waals surface area contributed by atoms with Crippen molar-refractivity contribution in [2.75, 3.05) is 31.1 Å². The summed E-state index contributed by atoms with van der Waals surface area (Å²) in [6.07, 6.45) is 3.39. The van der Waals surface area contributed by atoms with Crippen LogP contribution in [0.4, 0.5) is 10.1 Å². The first kappa shape index (κ1) is 18.3. The molecule has 1 aliphatic heterocycles. The van der Waals surface area contributed by atoms with E-state index in [1.807, 2.05) is 19.1 Å². The van der Waals surface area contributed by atoms with Crippen molar-refractivity contribution < 1.29 is 14.0 Å². The smallest absolute Gasteiger partial charge is 0.260 e. The van der Waals surface area contributed by atoms with Gasteiger partial charge in [0, 0.05) is 44.3 Å². The molecule has 26 heavy (non-hydrogen) atoms. The highest BCUT2D eigenvalue weighted by atomic mass is 19.1. The van der Waals surface area contributed by atoms with Gasteiger partial charge in [-0.2, -0.15) is 0 Å². The third-order valence-electron chi connectivity index (χ3n) is 4.57. The maximum Gasteiger partial charge on any atom is 0.260 e. The molecule has 1 aromatic heterocycles. The summed E-state index contributed by atoms with van der Waals surface area (Å²) >= 11 is 0. The Bertz CT molecular complexity index is 703. The van der Waals surface area contributed by atoms with Gasteiger partial charge in [0.25, 0.3) is 5.91 Å². The average molecular weight is 358 g/mol. The molecule has 0 saturated carbocycles. The number of benzene rings is 1. The van der Waals surface area contributed by atoms with Gasteiger partial charge in [-0.15, -0.1) is 0 Å². The van der Waals surface area contributed by atoms with Crippen molar-refractivity contribution in [3.63, 3.8) is 0 Å². The Morgan fingerprint density at radius 3 is 2.62 bits per heavy atom. The van der Waals surface area contributed by atoms with Crippen LogP contribution in [0.3, 0.4) is 0 Å². The lowest BCUT2D eigenvalue weighted by molar-refractivity contribution is -0.139. The molecule has 1 fully saturated rings. The third-order valence-corrected chi connectivity index (χ3v) is 4.57. The van der Waals surface area contributed by atoms with Crippen molar-refractivity contribution >= 4 is 11.6 Å². The van der Waals surface area contributed by atoms with E-state index in [2.05, 4.69) is 20.3 Å². The van der Waals surface area contributed by atoms with Crippen LogP contribution in [0.2, 0.25) is 0 Å². The molecule has 3 rings (SSSR count). The molecule has 0 bridgehead atoms. The monoisotopic (exact) mass is 358 g/mol. The fourth-order valence-corrected chi connectivity index (χ4v) is 2.94. The number of hydrogen-bond acceptors (Lipinski definition) is 5. The minimum absolute atomic E-state index is 0.163. The van der Waals surface area contributed by atoms with Crippen molar-refractivity contribution in [1.82, 2.24) is 15.4 Å². The number of nitrogens with one attached hydrogen (secondary N) is 1. The summed E-state index contributed by atoms with van der Waals surface area (Å²) in [4.78, 5) is 25.9. The van der Waals surface area contributed by atoms with Crippen LogP contribution >= 0.6 is 0 Å². The zero-order chi connectivity index (χ0) is 18.4. The number of nitrogens with zero attached hydrogens (tertiary/aromatic N) is 3. The normalized spacial score (nSPS) is 16.3. The van der Waals surface area contributed by atoms with E-state index in [-0.39, 0.29) is 24.4 Å². The highest BCUT2D eigenvalue weighted by Gasteiger charge is 2.25. The molecule has 6 nitrogen and oxygen atoms in total. The minimum Gasteiger partial charge on any atom is -0.369 e. The fourth-order valence-electron chi connectivity index (χ4n) is 2.94. The lowest BCUT2D eigenvalue weighted by atomic mass is 10.2. The average Bonchev–Trinajstić information content (AvgIpc) is 2.69. The first-order valence-electron chi connectivity index (χ1n) is 8.68. The van der Waals surface area contributed by atoms with E-state index in [0.29, 0.717) is 0 Å². The van der Waals surface area contributed by atoms with Gasteiger partial charge in [0.05, 0.1) is 6.04 Å². The number of rotatable bonds is 6. The minimum atomic E-state index is -0.278. The van der Waals surface area contributed by atoms with Gasteiger partial charge in [-0.05, 0) is 42.8 Å². The molecule has 0 aliphatic carbocycles. The number of hydrogen-bond donors (Lipinski definition) is 1. The van der Waals surface area contributed by atoms with E-state index in [4.69, 9.17) is 4.84 Å². The summed E-state index contributed by atoms with van der Waals surface area (Å²) in [6, 6.07) is 9.94. The maximum atomic E-state index is 13.0. The molecule has 2 heterocycles. The van der Waals surface area contributed by atoms with E-state index < -0.39 is 0 Å². The fraction of sp³-hybridized carbons (Fsp3) is 0.368. The molecule has 1 amide bonds. The second kappa shape index (κ2) is 8.73. The van der Waals surface area contributed by atoms with Crippen LogP contribution in [0, 0.1) is 5.82 Å². The predicted octanol–water partition coefficient (Wildman–Crippen LogP) is 1.98. The summed E-state index contributed by atoms with van der Waals surface area (Å²) in [5.74, 6) is -0.395.